The highest BCUT2D eigenvalue weighted by Gasteiger charge is 2.50. The number of anilines is 2. The van der Waals surface area contributed by atoms with Crippen molar-refractivity contribution < 1.29 is 0 Å². The first-order chi connectivity index (χ1) is 10.2. The van der Waals surface area contributed by atoms with Crippen LogP contribution in [0.4, 0.5) is 11.4 Å². The summed E-state index contributed by atoms with van der Waals surface area (Å²) in [6.45, 7) is 3.21. The summed E-state index contributed by atoms with van der Waals surface area (Å²) in [4.78, 5) is 4.41. The molecule has 4 fully saturated rings. The molecule has 0 atom stereocenters. The molecule has 4 saturated carbocycles. The molecule has 4 aliphatic rings. The topological polar surface area (TPSA) is 37.0 Å². The maximum absolute atomic E-state index is 4.41. The van der Waals surface area contributed by atoms with Crippen LogP contribution in [0.15, 0.2) is 18.5 Å². The van der Waals surface area contributed by atoms with Gasteiger partial charge >= 0.3 is 0 Å². The van der Waals surface area contributed by atoms with Crippen molar-refractivity contribution in [1.82, 2.24) is 4.98 Å². The molecule has 0 radical (unpaired) electrons. The van der Waals surface area contributed by atoms with Crippen LogP contribution in [0.2, 0.25) is 0 Å². The lowest BCUT2D eigenvalue weighted by molar-refractivity contribution is 0.0107. The Labute approximate surface area is 127 Å². The average molecular weight is 285 g/mol. The quantitative estimate of drug-likeness (QED) is 0.847. The third-order valence-electron chi connectivity index (χ3n) is 5.77. The summed E-state index contributed by atoms with van der Waals surface area (Å²) in [5.41, 5.74) is 2.73. The molecule has 0 aromatic carbocycles. The first kappa shape index (κ1) is 13.4. The van der Waals surface area contributed by atoms with E-state index in [1.165, 1.54) is 44.2 Å². The predicted molar refractivity (Wildman–Crippen MR) is 87.5 cm³/mol. The van der Waals surface area contributed by atoms with Crippen LogP contribution in [0, 0.1) is 17.8 Å². The molecule has 1 aromatic heterocycles. The predicted octanol–water partition coefficient (Wildman–Crippen LogP) is 4.28. The first-order valence-corrected chi connectivity index (χ1v) is 8.72. The highest BCUT2D eigenvalue weighted by atomic mass is 15.0. The van der Waals surface area contributed by atoms with Crippen molar-refractivity contribution in [2.75, 3.05) is 17.2 Å². The van der Waals surface area contributed by atoms with Gasteiger partial charge < -0.3 is 10.6 Å². The Bertz CT molecular complexity index is 476. The minimum Gasteiger partial charge on any atom is -0.384 e. The minimum absolute atomic E-state index is 0.375. The van der Waals surface area contributed by atoms with Gasteiger partial charge in [-0.05, 0) is 68.8 Å². The van der Waals surface area contributed by atoms with E-state index in [2.05, 4.69) is 28.6 Å². The van der Waals surface area contributed by atoms with Crippen LogP contribution in [0.3, 0.4) is 0 Å². The van der Waals surface area contributed by atoms with Gasteiger partial charge in [0.1, 0.15) is 0 Å². The van der Waals surface area contributed by atoms with Gasteiger partial charge in [0, 0.05) is 12.1 Å². The largest absolute Gasteiger partial charge is 0.384 e. The second-order valence-electron chi connectivity index (χ2n) is 7.71. The van der Waals surface area contributed by atoms with Crippen LogP contribution in [0.5, 0.6) is 0 Å². The van der Waals surface area contributed by atoms with Gasteiger partial charge in [0.25, 0.3) is 0 Å². The maximum atomic E-state index is 4.41. The van der Waals surface area contributed by atoms with Crippen molar-refractivity contribution in [2.45, 2.75) is 57.4 Å². The van der Waals surface area contributed by atoms with Crippen molar-refractivity contribution in [3.8, 4) is 0 Å². The van der Waals surface area contributed by atoms with Gasteiger partial charge in [0.05, 0.1) is 23.8 Å². The van der Waals surface area contributed by atoms with E-state index in [0.29, 0.717) is 5.54 Å². The molecule has 0 saturated heterocycles. The fraction of sp³-hybridized carbons (Fsp3) is 0.722. The molecule has 3 nitrogen and oxygen atoms in total. The van der Waals surface area contributed by atoms with Gasteiger partial charge in [0.2, 0.25) is 0 Å². The summed E-state index contributed by atoms with van der Waals surface area (Å²) in [7, 11) is 0. The van der Waals surface area contributed by atoms with Crippen molar-refractivity contribution >= 4 is 11.4 Å². The average Bonchev–Trinajstić information content (AvgIpc) is 2.43. The molecule has 1 heterocycles. The Kier molecular flexibility index (Phi) is 3.31. The van der Waals surface area contributed by atoms with E-state index in [0.717, 1.165) is 36.4 Å². The Hall–Kier alpha value is -1.25. The number of nitrogens with zero attached hydrogens (tertiary/aromatic N) is 1. The van der Waals surface area contributed by atoms with E-state index in [4.69, 9.17) is 0 Å². The summed E-state index contributed by atoms with van der Waals surface area (Å²) < 4.78 is 0. The second-order valence-corrected chi connectivity index (χ2v) is 7.71. The van der Waals surface area contributed by atoms with E-state index >= 15 is 0 Å². The third kappa shape index (κ3) is 2.63. The van der Waals surface area contributed by atoms with Gasteiger partial charge in [-0.3, -0.25) is 4.98 Å². The maximum Gasteiger partial charge on any atom is 0.0551 e. The van der Waals surface area contributed by atoms with Crippen molar-refractivity contribution in [1.29, 1.82) is 0 Å². The molecular weight excluding hydrogens is 258 g/mol. The zero-order valence-corrected chi connectivity index (χ0v) is 13.1. The normalized spacial score (nSPS) is 36.7. The van der Waals surface area contributed by atoms with Gasteiger partial charge in [-0.25, -0.2) is 0 Å². The van der Waals surface area contributed by atoms with Crippen LogP contribution < -0.4 is 10.6 Å². The van der Waals surface area contributed by atoms with Gasteiger partial charge in [-0.1, -0.05) is 6.92 Å². The molecule has 4 bridgehead atoms. The molecule has 0 amide bonds. The smallest absolute Gasteiger partial charge is 0.0551 e. The van der Waals surface area contributed by atoms with E-state index in [1.54, 1.807) is 0 Å². The first-order valence-electron chi connectivity index (χ1n) is 8.72. The fourth-order valence-electron chi connectivity index (χ4n) is 5.44. The monoisotopic (exact) mass is 285 g/mol. The van der Waals surface area contributed by atoms with Crippen LogP contribution in [-0.2, 0) is 0 Å². The molecule has 1 aromatic rings. The van der Waals surface area contributed by atoms with E-state index in [9.17, 15) is 0 Å². The Balaban J connectivity index is 1.50. The lowest BCUT2D eigenvalue weighted by atomic mass is 9.53. The molecule has 114 valence electrons. The number of aromatic nitrogens is 1. The summed E-state index contributed by atoms with van der Waals surface area (Å²) in [5.74, 6) is 2.95. The van der Waals surface area contributed by atoms with Crippen LogP contribution in [-0.4, -0.2) is 17.1 Å². The number of pyridine rings is 1. The van der Waals surface area contributed by atoms with Gasteiger partial charge in [-0.15, -0.1) is 0 Å². The van der Waals surface area contributed by atoms with E-state index in [1.807, 2.05) is 12.4 Å². The van der Waals surface area contributed by atoms with Crippen LogP contribution in [0.25, 0.3) is 0 Å². The third-order valence-corrected chi connectivity index (χ3v) is 5.77. The molecule has 0 aliphatic heterocycles. The summed E-state index contributed by atoms with van der Waals surface area (Å²) in [6.07, 6.45) is 13.7. The molecule has 21 heavy (non-hydrogen) atoms. The molecule has 3 heteroatoms. The highest BCUT2D eigenvalue weighted by molar-refractivity contribution is 5.55. The number of hydrogen-bond acceptors (Lipinski definition) is 3. The highest BCUT2D eigenvalue weighted by Crippen LogP contribution is 2.56. The number of hydrogen-bond donors (Lipinski definition) is 2. The summed E-state index contributed by atoms with van der Waals surface area (Å²) >= 11 is 0. The van der Waals surface area contributed by atoms with Crippen molar-refractivity contribution in [3.63, 3.8) is 0 Å². The van der Waals surface area contributed by atoms with Gasteiger partial charge in [-0.2, -0.15) is 0 Å². The Morgan fingerprint density at radius 2 is 1.67 bits per heavy atom. The van der Waals surface area contributed by atoms with Crippen molar-refractivity contribution in [3.05, 3.63) is 18.5 Å². The van der Waals surface area contributed by atoms with Gasteiger partial charge in [0.15, 0.2) is 0 Å². The number of nitrogens with one attached hydrogen (secondary N) is 2. The molecule has 0 spiro atoms. The minimum atomic E-state index is 0.375. The van der Waals surface area contributed by atoms with Crippen molar-refractivity contribution in [2.24, 2.45) is 17.8 Å². The SMILES string of the molecule is CCCNc1cncc(NC23CC4CC(CC(C4)C2)C3)c1. The molecular formula is C18H27N3. The number of rotatable bonds is 5. The Morgan fingerprint density at radius 1 is 1.05 bits per heavy atom. The Morgan fingerprint density at radius 3 is 2.29 bits per heavy atom. The standard InChI is InChI=1S/C18H27N3/c1-2-3-20-16-7-17(12-19-11-16)21-18-8-13-4-14(9-18)6-15(5-13)10-18/h7,11-15,20-21H,2-6,8-10H2,1H3. The fourth-order valence-corrected chi connectivity index (χ4v) is 5.44. The zero-order valence-electron chi connectivity index (χ0n) is 13.1. The summed E-state index contributed by atoms with van der Waals surface area (Å²) in [5, 5.41) is 7.34. The molecule has 5 rings (SSSR count). The summed E-state index contributed by atoms with van der Waals surface area (Å²) in [6, 6.07) is 2.24. The van der Waals surface area contributed by atoms with E-state index in [-0.39, 0.29) is 0 Å². The molecule has 4 aliphatic carbocycles. The zero-order chi connectivity index (χ0) is 14.3. The lowest BCUT2D eigenvalue weighted by Crippen LogP contribution is -2.54. The van der Waals surface area contributed by atoms with Crippen LogP contribution in [0.1, 0.15) is 51.9 Å². The van der Waals surface area contributed by atoms with Crippen LogP contribution >= 0.6 is 0 Å². The molecule has 0 unspecified atom stereocenters. The second kappa shape index (κ2) is 5.19. The lowest BCUT2D eigenvalue weighted by Gasteiger charge is -2.57. The van der Waals surface area contributed by atoms with E-state index < -0.39 is 0 Å². The molecule has 2 N–H and O–H groups in total.